The zero-order chi connectivity index (χ0) is 12.3. The van der Waals surface area contributed by atoms with E-state index in [2.05, 4.69) is 61.8 Å². The Balaban J connectivity index is 1.99. The Kier molecular flexibility index (Phi) is 4.52. The third kappa shape index (κ3) is 3.75. The molecule has 1 saturated heterocycles. The average molecular weight is 249 g/mol. The summed E-state index contributed by atoms with van der Waals surface area (Å²) in [5.74, 6) is 0.786. The highest BCUT2D eigenvalue weighted by Gasteiger charge is 2.22. The predicted octanol–water partition coefficient (Wildman–Crippen LogP) is 3.82. The Morgan fingerprint density at radius 1 is 1.24 bits per heavy atom. The molecule has 0 N–H and O–H groups in total. The summed E-state index contributed by atoms with van der Waals surface area (Å²) in [6.45, 7) is 7.05. The van der Waals surface area contributed by atoms with Crippen molar-refractivity contribution in [2.45, 2.75) is 36.8 Å². The van der Waals surface area contributed by atoms with Crippen LogP contribution in [0, 0.1) is 12.8 Å². The zero-order valence-electron chi connectivity index (χ0n) is 11.1. The molecule has 1 aromatic rings. The molecular weight excluding hydrogens is 226 g/mol. The Hall–Kier alpha value is -0.470. The van der Waals surface area contributed by atoms with E-state index in [1.54, 1.807) is 0 Å². The zero-order valence-corrected chi connectivity index (χ0v) is 12.0. The fourth-order valence-electron chi connectivity index (χ4n) is 2.51. The van der Waals surface area contributed by atoms with Crippen molar-refractivity contribution in [2.75, 3.05) is 20.1 Å². The van der Waals surface area contributed by atoms with Crippen LogP contribution in [0.4, 0.5) is 0 Å². The van der Waals surface area contributed by atoms with Crippen LogP contribution in [0.15, 0.2) is 29.2 Å². The van der Waals surface area contributed by atoms with Crippen molar-refractivity contribution >= 4 is 11.8 Å². The fourth-order valence-corrected chi connectivity index (χ4v) is 3.76. The van der Waals surface area contributed by atoms with Gasteiger partial charge in [-0.25, -0.2) is 0 Å². The maximum absolute atomic E-state index is 2.47. The maximum atomic E-state index is 2.47. The van der Waals surface area contributed by atoms with E-state index in [0.717, 1.165) is 11.2 Å². The van der Waals surface area contributed by atoms with Crippen molar-refractivity contribution in [2.24, 2.45) is 5.92 Å². The van der Waals surface area contributed by atoms with Gasteiger partial charge in [0.25, 0.3) is 0 Å². The second-order valence-corrected chi connectivity index (χ2v) is 6.66. The molecule has 0 spiro atoms. The van der Waals surface area contributed by atoms with Crippen molar-refractivity contribution in [1.82, 2.24) is 4.90 Å². The number of hydrogen-bond acceptors (Lipinski definition) is 2. The molecule has 2 rings (SSSR count). The summed E-state index contributed by atoms with van der Waals surface area (Å²) in [6.07, 6.45) is 2.69. The van der Waals surface area contributed by atoms with Crippen LogP contribution in [-0.2, 0) is 0 Å². The van der Waals surface area contributed by atoms with Crippen molar-refractivity contribution < 1.29 is 0 Å². The second-order valence-electron chi connectivity index (χ2n) is 5.35. The van der Waals surface area contributed by atoms with E-state index in [9.17, 15) is 0 Å². The van der Waals surface area contributed by atoms with Crippen molar-refractivity contribution in [3.8, 4) is 0 Å². The van der Waals surface area contributed by atoms with E-state index in [0.29, 0.717) is 0 Å². The smallest absolute Gasteiger partial charge is 0.0133 e. The monoisotopic (exact) mass is 249 g/mol. The molecule has 1 heterocycles. The van der Waals surface area contributed by atoms with Crippen molar-refractivity contribution in [3.05, 3.63) is 29.8 Å². The molecule has 0 radical (unpaired) electrons. The lowest BCUT2D eigenvalue weighted by Gasteiger charge is -2.22. The van der Waals surface area contributed by atoms with Crippen LogP contribution in [0.1, 0.15) is 25.3 Å². The molecule has 1 nitrogen and oxygen atoms in total. The first-order chi connectivity index (χ1) is 8.15. The lowest BCUT2D eigenvalue weighted by atomic mass is 10.1. The third-order valence-corrected chi connectivity index (χ3v) is 5.12. The molecule has 2 atom stereocenters. The number of aryl methyl sites for hydroxylation is 1. The van der Waals surface area contributed by atoms with Gasteiger partial charge in [0.05, 0.1) is 0 Å². The summed E-state index contributed by atoms with van der Waals surface area (Å²) < 4.78 is 0. The SMILES string of the molecule is Cc1ccc(SC2CCCN(C)CC2C)cc1. The quantitative estimate of drug-likeness (QED) is 0.784. The lowest BCUT2D eigenvalue weighted by molar-refractivity contribution is 0.312. The van der Waals surface area contributed by atoms with Crippen LogP contribution in [0.3, 0.4) is 0 Å². The van der Waals surface area contributed by atoms with Gasteiger partial charge in [-0.15, -0.1) is 11.8 Å². The molecule has 0 aliphatic carbocycles. The van der Waals surface area contributed by atoms with Gasteiger partial charge in [-0.1, -0.05) is 24.6 Å². The van der Waals surface area contributed by atoms with Gasteiger partial charge in [-0.05, 0) is 51.4 Å². The topological polar surface area (TPSA) is 3.24 Å². The molecule has 1 fully saturated rings. The van der Waals surface area contributed by atoms with E-state index < -0.39 is 0 Å². The van der Waals surface area contributed by atoms with Gasteiger partial charge in [0.2, 0.25) is 0 Å². The Morgan fingerprint density at radius 3 is 2.65 bits per heavy atom. The number of nitrogens with zero attached hydrogens (tertiary/aromatic N) is 1. The van der Waals surface area contributed by atoms with Gasteiger partial charge < -0.3 is 4.90 Å². The highest BCUT2D eigenvalue weighted by molar-refractivity contribution is 8.00. The molecule has 0 aromatic heterocycles. The molecule has 2 unspecified atom stereocenters. The van der Waals surface area contributed by atoms with Crippen LogP contribution in [0.2, 0.25) is 0 Å². The Bertz CT molecular complexity index is 346. The van der Waals surface area contributed by atoms with Gasteiger partial charge in [0, 0.05) is 16.7 Å². The molecule has 0 bridgehead atoms. The molecule has 1 aromatic carbocycles. The number of hydrogen-bond donors (Lipinski definition) is 0. The maximum Gasteiger partial charge on any atom is 0.0133 e. The number of thioether (sulfide) groups is 1. The minimum absolute atomic E-state index is 0.780. The summed E-state index contributed by atoms with van der Waals surface area (Å²) in [5, 5.41) is 0.780. The Morgan fingerprint density at radius 2 is 1.94 bits per heavy atom. The summed E-state index contributed by atoms with van der Waals surface area (Å²) in [6, 6.07) is 8.97. The summed E-state index contributed by atoms with van der Waals surface area (Å²) in [7, 11) is 2.25. The van der Waals surface area contributed by atoms with E-state index in [4.69, 9.17) is 0 Å². The number of benzene rings is 1. The standard InChI is InChI=1S/C15H23NS/c1-12-6-8-14(9-7-12)17-15-5-4-10-16(3)11-13(15)2/h6-9,13,15H,4-5,10-11H2,1-3H3. The molecule has 0 saturated carbocycles. The lowest BCUT2D eigenvalue weighted by Crippen LogP contribution is -2.26. The first-order valence-corrected chi connectivity index (χ1v) is 7.45. The third-order valence-electron chi connectivity index (χ3n) is 3.57. The molecule has 17 heavy (non-hydrogen) atoms. The van der Waals surface area contributed by atoms with E-state index in [1.165, 1.54) is 36.4 Å². The Labute approximate surface area is 110 Å². The van der Waals surface area contributed by atoms with Crippen molar-refractivity contribution in [3.63, 3.8) is 0 Å². The van der Waals surface area contributed by atoms with Crippen LogP contribution < -0.4 is 0 Å². The molecule has 94 valence electrons. The van der Waals surface area contributed by atoms with Gasteiger partial charge in [-0.2, -0.15) is 0 Å². The van der Waals surface area contributed by atoms with Crippen molar-refractivity contribution in [1.29, 1.82) is 0 Å². The first kappa shape index (κ1) is 13.0. The highest BCUT2D eigenvalue weighted by atomic mass is 32.2. The van der Waals surface area contributed by atoms with E-state index >= 15 is 0 Å². The van der Waals surface area contributed by atoms with Gasteiger partial charge >= 0.3 is 0 Å². The van der Waals surface area contributed by atoms with Gasteiger partial charge in [0.1, 0.15) is 0 Å². The highest BCUT2D eigenvalue weighted by Crippen LogP contribution is 2.33. The molecule has 2 heteroatoms. The van der Waals surface area contributed by atoms with Crippen LogP contribution >= 0.6 is 11.8 Å². The second kappa shape index (κ2) is 5.92. The summed E-state index contributed by atoms with van der Waals surface area (Å²) in [5.41, 5.74) is 1.35. The average Bonchev–Trinajstić information content (AvgIpc) is 2.44. The summed E-state index contributed by atoms with van der Waals surface area (Å²) >= 11 is 2.07. The van der Waals surface area contributed by atoms with E-state index in [-0.39, 0.29) is 0 Å². The first-order valence-electron chi connectivity index (χ1n) is 6.57. The summed E-state index contributed by atoms with van der Waals surface area (Å²) in [4.78, 5) is 3.90. The van der Waals surface area contributed by atoms with Gasteiger partial charge in [0.15, 0.2) is 0 Å². The number of likely N-dealkylation sites (tertiary alicyclic amines) is 1. The molecule has 1 aliphatic rings. The minimum Gasteiger partial charge on any atom is -0.306 e. The van der Waals surface area contributed by atoms with Crippen LogP contribution in [0.25, 0.3) is 0 Å². The van der Waals surface area contributed by atoms with Gasteiger partial charge in [-0.3, -0.25) is 0 Å². The largest absolute Gasteiger partial charge is 0.306 e. The fraction of sp³-hybridized carbons (Fsp3) is 0.600. The van der Waals surface area contributed by atoms with E-state index in [1.807, 2.05) is 0 Å². The predicted molar refractivity (Wildman–Crippen MR) is 76.7 cm³/mol. The minimum atomic E-state index is 0.780. The molecule has 1 aliphatic heterocycles. The van der Waals surface area contributed by atoms with Crippen LogP contribution in [0.5, 0.6) is 0 Å². The molecule has 0 amide bonds. The van der Waals surface area contributed by atoms with Crippen LogP contribution in [-0.4, -0.2) is 30.3 Å². The molecular formula is C15H23NS. The number of rotatable bonds is 2. The normalized spacial score (nSPS) is 26.8.